The molecule has 2 unspecified atom stereocenters. The van der Waals surface area contributed by atoms with Gasteiger partial charge in [0, 0.05) is 6.10 Å². The van der Waals surface area contributed by atoms with Crippen molar-refractivity contribution in [1.29, 1.82) is 0 Å². The lowest BCUT2D eigenvalue weighted by molar-refractivity contribution is 0.216. The predicted molar refractivity (Wildman–Crippen MR) is 88.6 cm³/mol. The van der Waals surface area contributed by atoms with Crippen molar-refractivity contribution in [3.8, 4) is 0 Å². The Morgan fingerprint density at radius 2 is 1.11 bits per heavy atom. The summed E-state index contributed by atoms with van der Waals surface area (Å²) in [6, 6.07) is 0. The van der Waals surface area contributed by atoms with Gasteiger partial charge in [0.1, 0.15) is 0 Å². The molecule has 1 N–H and O–H groups in total. The minimum atomic E-state index is -0.167. The average molecular weight is 273 g/mol. The third kappa shape index (κ3) is 23.5. The molecule has 0 fully saturated rings. The molecule has 0 saturated carbocycles. The van der Waals surface area contributed by atoms with Crippen molar-refractivity contribution in [2.75, 3.05) is 0 Å². The van der Waals surface area contributed by atoms with Crippen LogP contribution in [0.1, 0.15) is 99.3 Å². The van der Waals surface area contributed by atoms with Crippen LogP contribution in [0.25, 0.3) is 0 Å². The van der Waals surface area contributed by atoms with E-state index in [1.54, 1.807) is 13.8 Å². The second-order valence-corrected chi connectivity index (χ2v) is 6.52. The van der Waals surface area contributed by atoms with E-state index in [9.17, 15) is 0 Å². The zero-order valence-electron chi connectivity index (χ0n) is 14.5. The summed E-state index contributed by atoms with van der Waals surface area (Å²) < 4.78 is 0. The molecule has 0 spiro atoms. The molecule has 1 heteroatoms. The molecule has 0 radical (unpaired) electrons. The molecule has 2 atom stereocenters. The minimum absolute atomic E-state index is 0.167. The maximum atomic E-state index is 8.06. The van der Waals surface area contributed by atoms with Crippen LogP contribution < -0.4 is 0 Å². The first-order valence-electron chi connectivity index (χ1n) is 8.61. The summed E-state index contributed by atoms with van der Waals surface area (Å²) in [5.41, 5.74) is 0. The molecule has 0 aromatic carbocycles. The normalized spacial score (nSPS) is 13.9. The van der Waals surface area contributed by atoms with Gasteiger partial charge in [-0.25, -0.2) is 0 Å². The Labute approximate surface area is 123 Å². The van der Waals surface area contributed by atoms with Gasteiger partial charge in [0.2, 0.25) is 0 Å². The molecule has 0 aliphatic heterocycles. The van der Waals surface area contributed by atoms with Gasteiger partial charge in [-0.2, -0.15) is 0 Å². The van der Waals surface area contributed by atoms with E-state index < -0.39 is 0 Å². The molecular formula is C18H40O. The Bertz CT molecular complexity index is 151. The molecular weight excluding hydrogens is 232 g/mol. The molecule has 0 saturated heterocycles. The monoisotopic (exact) mass is 272 g/mol. The summed E-state index contributed by atoms with van der Waals surface area (Å²) >= 11 is 0. The second-order valence-electron chi connectivity index (χ2n) is 6.52. The molecule has 0 heterocycles. The van der Waals surface area contributed by atoms with E-state index in [1.807, 2.05) is 0 Å². The lowest BCUT2D eigenvalue weighted by atomic mass is 9.92. The summed E-state index contributed by atoms with van der Waals surface area (Å²) in [6.07, 6.45) is 12.7. The third-order valence-corrected chi connectivity index (χ3v) is 3.48. The van der Waals surface area contributed by atoms with Crippen molar-refractivity contribution in [2.45, 2.75) is 105 Å². The highest BCUT2D eigenvalue weighted by atomic mass is 16.3. The van der Waals surface area contributed by atoms with Crippen molar-refractivity contribution in [3.63, 3.8) is 0 Å². The zero-order valence-corrected chi connectivity index (χ0v) is 14.5. The first-order valence-corrected chi connectivity index (χ1v) is 8.61. The van der Waals surface area contributed by atoms with Crippen LogP contribution in [0.5, 0.6) is 0 Å². The predicted octanol–water partition coefficient (Wildman–Crippen LogP) is 6.20. The number of unbranched alkanes of at least 4 members (excludes halogenated alkanes) is 3. The maximum absolute atomic E-state index is 8.06. The van der Waals surface area contributed by atoms with Gasteiger partial charge in [-0.3, -0.25) is 0 Å². The van der Waals surface area contributed by atoms with E-state index in [0.29, 0.717) is 0 Å². The van der Waals surface area contributed by atoms with Gasteiger partial charge in [-0.15, -0.1) is 0 Å². The first kappa shape index (κ1) is 21.3. The molecule has 0 amide bonds. The van der Waals surface area contributed by atoms with Gasteiger partial charge < -0.3 is 5.11 Å². The summed E-state index contributed by atoms with van der Waals surface area (Å²) in [5, 5.41) is 8.06. The molecule has 0 bridgehead atoms. The van der Waals surface area contributed by atoms with Crippen LogP contribution in [-0.2, 0) is 0 Å². The smallest absolute Gasteiger partial charge is 0.0483 e. The summed E-state index contributed by atoms with van der Waals surface area (Å²) in [6.45, 7) is 12.9. The van der Waals surface area contributed by atoms with Gasteiger partial charge in [0.05, 0.1) is 0 Å². The average Bonchev–Trinajstić information content (AvgIpc) is 2.32. The standard InChI is InChI=1S/C15H32.C3H8O/c1-5-7-8-9-11-15(4)13-12-14(3)10-6-2;1-3(2)4/h14-15H,5-13H2,1-4H3;3-4H,1-2H3. The lowest BCUT2D eigenvalue weighted by Gasteiger charge is -2.14. The Kier molecular flexibility index (Phi) is 17.9. The number of hydrogen-bond donors (Lipinski definition) is 1. The first-order chi connectivity index (χ1) is 8.93. The molecule has 0 rings (SSSR count). The number of aliphatic hydroxyl groups is 1. The van der Waals surface area contributed by atoms with Gasteiger partial charge in [0.25, 0.3) is 0 Å². The highest BCUT2D eigenvalue weighted by Gasteiger charge is 2.05. The van der Waals surface area contributed by atoms with Gasteiger partial charge >= 0.3 is 0 Å². The van der Waals surface area contributed by atoms with Crippen LogP contribution >= 0.6 is 0 Å². The van der Waals surface area contributed by atoms with Crippen LogP contribution in [0.4, 0.5) is 0 Å². The maximum Gasteiger partial charge on any atom is 0.0483 e. The van der Waals surface area contributed by atoms with Crippen LogP contribution in [0.15, 0.2) is 0 Å². The fraction of sp³-hybridized carbons (Fsp3) is 1.00. The lowest BCUT2D eigenvalue weighted by Crippen LogP contribution is -2.00. The SMILES string of the molecule is CC(C)O.CCCCCCC(C)CCC(C)CCC. The highest BCUT2D eigenvalue weighted by molar-refractivity contribution is 4.58. The Morgan fingerprint density at radius 1 is 0.632 bits per heavy atom. The van der Waals surface area contributed by atoms with Crippen molar-refractivity contribution in [2.24, 2.45) is 11.8 Å². The largest absolute Gasteiger partial charge is 0.394 e. The molecule has 0 aliphatic rings. The molecule has 1 nitrogen and oxygen atoms in total. The fourth-order valence-corrected chi connectivity index (χ4v) is 2.27. The third-order valence-electron chi connectivity index (χ3n) is 3.48. The van der Waals surface area contributed by atoms with Crippen LogP contribution in [0.3, 0.4) is 0 Å². The fourth-order valence-electron chi connectivity index (χ4n) is 2.27. The van der Waals surface area contributed by atoms with E-state index in [2.05, 4.69) is 27.7 Å². The van der Waals surface area contributed by atoms with E-state index in [-0.39, 0.29) is 6.10 Å². The van der Waals surface area contributed by atoms with Crippen LogP contribution in [-0.4, -0.2) is 11.2 Å². The molecule has 0 aromatic rings. The van der Waals surface area contributed by atoms with Crippen molar-refractivity contribution >= 4 is 0 Å². The van der Waals surface area contributed by atoms with Gasteiger partial charge in [0.15, 0.2) is 0 Å². The van der Waals surface area contributed by atoms with E-state index in [4.69, 9.17) is 5.11 Å². The summed E-state index contributed by atoms with van der Waals surface area (Å²) in [4.78, 5) is 0. The Balaban J connectivity index is 0. The van der Waals surface area contributed by atoms with Crippen LogP contribution in [0, 0.1) is 11.8 Å². The number of aliphatic hydroxyl groups excluding tert-OH is 1. The Hall–Kier alpha value is -0.0400. The highest BCUT2D eigenvalue weighted by Crippen LogP contribution is 2.20. The molecule has 0 aromatic heterocycles. The minimum Gasteiger partial charge on any atom is -0.394 e. The topological polar surface area (TPSA) is 20.2 Å². The van der Waals surface area contributed by atoms with Crippen molar-refractivity contribution in [3.05, 3.63) is 0 Å². The summed E-state index contributed by atoms with van der Waals surface area (Å²) in [7, 11) is 0. The quantitative estimate of drug-likeness (QED) is 0.470. The molecule has 0 aliphatic carbocycles. The number of hydrogen-bond acceptors (Lipinski definition) is 1. The van der Waals surface area contributed by atoms with Gasteiger partial charge in [-0.1, -0.05) is 85.5 Å². The van der Waals surface area contributed by atoms with Gasteiger partial charge in [-0.05, 0) is 25.7 Å². The second kappa shape index (κ2) is 16.0. The zero-order chi connectivity index (χ0) is 15.1. The van der Waals surface area contributed by atoms with Crippen LogP contribution in [0.2, 0.25) is 0 Å². The van der Waals surface area contributed by atoms with E-state index in [1.165, 1.54) is 57.8 Å². The van der Waals surface area contributed by atoms with E-state index in [0.717, 1.165) is 11.8 Å². The van der Waals surface area contributed by atoms with Crippen molar-refractivity contribution in [1.82, 2.24) is 0 Å². The Morgan fingerprint density at radius 3 is 1.53 bits per heavy atom. The number of rotatable bonds is 10. The summed E-state index contributed by atoms with van der Waals surface area (Å²) in [5.74, 6) is 1.91. The molecule has 19 heavy (non-hydrogen) atoms. The molecule has 118 valence electrons. The van der Waals surface area contributed by atoms with E-state index >= 15 is 0 Å². The van der Waals surface area contributed by atoms with Crippen molar-refractivity contribution < 1.29 is 5.11 Å².